The number of nitrogens with zero attached hydrogens (tertiary/aromatic N) is 3. The number of aliphatic hydroxyl groups is 1. The maximum Gasteiger partial charge on any atom is 0.353 e. The van der Waals surface area contributed by atoms with Gasteiger partial charge in [0.2, 0.25) is 11.8 Å². The van der Waals surface area contributed by atoms with Gasteiger partial charge in [-0.1, -0.05) is 6.92 Å². The zero-order valence-electron chi connectivity index (χ0n) is 17.7. The number of fused-ring (bicyclic) bond motifs is 1. The molecule has 0 bridgehead atoms. The van der Waals surface area contributed by atoms with Crippen LogP contribution in [0.25, 0.3) is 0 Å². The molecule has 0 aromatic rings. The third-order valence-corrected chi connectivity index (χ3v) is 8.28. The molecule has 0 spiro atoms. The standard InChI is InChI=1S/C20H29N5O5S/c1-10-15-14(11(2)26)19(28)25(15)16(20(29)30)17(10)31-12-7-13(24(8-12)9-21)18(27)23-5-3-22-4-6-23/h9-15,21-22,26H,3-8H2,1-2H3,(H,29,30)/t10-,11-,12+,13+,14-,15-/m1/s1. The van der Waals surface area contributed by atoms with E-state index in [4.69, 9.17) is 5.41 Å². The van der Waals surface area contributed by atoms with Crippen LogP contribution in [0.2, 0.25) is 0 Å². The van der Waals surface area contributed by atoms with E-state index in [2.05, 4.69) is 5.32 Å². The number of likely N-dealkylation sites (tertiary alicyclic amines) is 1. The first-order chi connectivity index (χ1) is 14.8. The fraction of sp³-hybridized carbons (Fsp3) is 0.700. The summed E-state index contributed by atoms with van der Waals surface area (Å²) in [4.78, 5) is 43.0. The summed E-state index contributed by atoms with van der Waals surface area (Å²) in [6.45, 7) is 6.71. The smallest absolute Gasteiger partial charge is 0.353 e. The summed E-state index contributed by atoms with van der Waals surface area (Å²) in [5.41, 5.74) is 0.00249. The van der Waals surface area contributed by atoms with Crippen LogP contribution in [0.5, 0.6) is 0 Å². The second-order valence-corrected chi connectivity index (χ2v) is 10.0. The van der Waals surface area contributed by atoms with Crippen molar-refractivity contribution < 1.29 is 24.6 Å². The highest BCUT2D eigenvalue weighted by Gasteiger charge is 2.60. The van der Waals surface area contributed by atoms with Crippen LogP contribution in [0.3, 0.4) is 0 Å². The van der Waals surface area contributed by atoms with Crippen molar-refractivity contribution in [3.8, 4) is 0 Å². The van der Waals surface area contributed by atoms with Gasteiger partial charge < -0.3 is 30.2 Å². The van der Waals surface area contributed by atoms with Crippen molar-refractivity contribution in [3.05, 3.63) is 10.6 Å². The molecule has 4 rings (SSSR count). The lowest BCUT2D eigenvalue weighted by Crippen LogP contribution is -2.63. The molecule has 3 fully saturated rings. The van der Waals surface area contributed by atoms with Crippen molar-refractivity contribution in [2.24, 2.45) is 11.8 Å². The third-order valence-electron chi connectivity index (χ3n) is 6.79. The minimum absolute atomic E-state index is 0.00249. The number of β-lactam (4-membered cyclic amide) rings is 1. The minimum Gasteiger partial charge on any atom is -0.477 e. The van der Waals surface area contributed by atoms with Crippen molar-refractivity contribution in [2.45, 2.75) is 43.7 Å². The molecule has 4 N–H and O–H groups in total. The zero-order chi connectivity index (χ0) is 22.4. The number of rotatable bonds is 6. The monoisotopic (exact) mass is 451 g/mol. The molecule has 11 heteroatoms. The van der Waals surface area contributed by atoms with Crippen LogP contribution in [-0.2, 0) is 14.4 Å². The predicted octanol–water partition coefficient (Wildman–Crippen LogP) is -0.645. The van der Waals surface area contributed by atoms with Crippen LogP contribution in [0.15, 0.2) is 10.6 Å². The summed E-state index contributed by atoms with van der Waals surface area (Å²) in [6, 6.07) is -0.776. The fourth-order valence-corrected chi connectivity index (χ4v) is 6.78. The van der Waals surface area contributed by atoms with Gasteiger partial charge in [0.15, 0.2) is 0 Å². The molecule has 0 saturated carbocycles. The Kier molecular flexibility index (Phi) is 6.01. The quantitative estimate of drug-likeness (QED) is 0.238. The number of hydrogen-bond acceptors (Lipinski definition) is 7. The van der Waals surface area contributed by atoms with Crippen LogP contribution in [-0.4, -0.2) is 105 Å². The number of thioether (sulfide) groups is 1. The first kappa shape index (κ1) is 22.1. The lowest BCUT2D eigenvalue weighted by Gasteiger charge is -2.46. The van der Waals surface area contributed by atoms with Gasteiger partial charge in [-0.15, -0.1) is 11.8 Å². The Balaban J connectivity index is 1.52. The number of carbonyl (C=O) groups is 3. The van der Waals surface area contributed by atoms with Gasteiger partial charge in [0.1, 0.15) is 11.7 Å². The van der Waals surface area contributed by atoms with Crippen molar-refractivity contribution in [2.75, 3.05) is 32.7 Å². The van der Waals surface area contributed by atoms with Gasteiger partial charge in [-0.25, -0.2) is 4.79 Å². The molecule has 31 heavy (non-hydrogen) atoms. The van der Waals surface area contributed by atoms with E-state index >= 15 is 0 Å². The van der Waals surface area contributed by atoms with Crippen LogP contribution >= 0.6 is 11.8 Å². The van der Waals surface area contributed by atoms with Crippen LogP contribution in [0, 0.1) is 17.2 Å². The van der Waals surface area contributed by atoms with E-state index in [1.807, 2.05) is 11.8 Å². The normalized spacial score (nSPS) is 34.0. The molecular weight excluding hydrogens is 422 g/mol. The van der Waals surface area contributed by atoms with Crippen LogP contribution < -0.4 is 5.32 Å². The maximum absolute atomic E-state index is 13.0. The summed E-state index contributed by atoms with van der Waals surface area (Å²) in [7, 11) is 0. The number of aliphatic hydroxyl groups excluding tert-OH is 1. The van der Waals surface area contributed by atoms with Gasteiger partial charge in [0.05, 0.1) is 24.4 Å². The fourth-order valence-electron chi connectivity index (χ4n) is 5.25. The highest BCUT2D eigenvalue weighted by atomic mass is 32.2. The number of nitrogens with one attached hydrogen (secondary N) is 2. The predicted molar refractivity (Wildman–Crippen MR) is 114 cm³/mol. The van der Waals surface area contributed by atoms with Crippen molar-refractivity contribution >= 4 is 35.9 Å². The van der Waals surface area contributed by atoms with E-state index in [9.17, 15) is 24.6 Å². The highest BCUT2D eigenvalue weighted by molar-refractivity contribution is 8.03. The SMILES string of the molecule is C[C@@H](O)[C@H]1C(=O)N2C(C(=O)O)=C(S[C@H]3C[C@@H](C(=O)N4CCNCC4)N(C=N)C3)[C@H](C)[C@H]12. The number of amides is 2. The van der Waals surface area contributed by atoms with E-state index in [-0.39, 0.29) is 34.7 Å². The van der Waals surface area contributed by atoms with Gasteiger partial charge in [0.25, 0.3) is 0 Å². The third kappa shape index (κ3) is 3.62. The average molecular weight is 452 g/mol. The molecule has 2 amide bonds. The minimum atomic E-state index is -1.15. The molecule has 4 heterocycles. The Hall–Kier alpha value is -2.11. The first-order valence-corrected chi connectivity index (χ1v) is 11.5. The molecule has 0 aromatic heterocycles. The molecule has 0 aromatic carbocycles. The average Bonchev–Trinajstić information content (AvgIpc) is 3.25. The van der Waals surface area contributed by atoms with E-state index in [0.717, 1.165) is 13.1 Å². The van der Waals surface area contributed by atoms with Gasteiger partial charge in [-0.2, -0.15) is 0 Å². The Labute approximate surface area is 185 Å². The number of carbonyl (C=O) groups excluding carboxylic acids is 2. The summed E-state index contributed by atoms with van der Waals surface area (Å²) in [5.74, 6) is -2.28. The van der Waals surface area contributed by atoms with E-state index in [1.54, 1.807) is 11.8 Å². The molecule has 0 radical (unpaired) electrons. The molecule has 6 atom stereocenters. The number of carboxylic acids is 1. The van der Waals surface area contributed by atoms with Crippen LogP contribution in [0.4, 0.5) is 0 Å². The largest absolute Gasteiger partial charge is 0.477 e. The summed E-state index contributed by atoms with van der Waals surface area (Å²) in [5, 5.41) is 30.7. The lowest BCUT2D eigenvalue weighted by molar-refractivity contribution is -0.163. The van der Waals surface area contributed by atoms with E-state index in [1.165, 1.54) is 23.0 Å². The molecule has 0 aliphatic carbocycles. The van der Waals surface area contributed by atoms with Crippen LogP contribution in [0.1, 0.15) is 20.3 Å². The highest BCUT2D eigenvalue weighted by Crippen LogP contribution is 2.52. The summed E-state index contributed by atoms with van der Waals surface area (Å²) >= 11 is 1.40. The molecular formula is C20H29N5O5S. The second-order valence-electron chi connectivity index (χ2n) is 8.66. The Bertz CT molecular complexity index is 827. The summed E-state index contributed by atoms with van der Waals surface area (Å²) in [6.07, 6.45) is 0.872. The maximum atomic E-state index is 13.0. The number of carboxylic acid groups (broad SMARTS) is 1. The number of piperazine rings is 1. The molecule has 0 unspecified atom stereocenters. The Morgan fingerprint density at radius 1 is 1.32 bits per heavy atom. The van der Waals surface area contributed by atoms with Gasteiger partial charge in [-0.3, -0.25) is 15.0 Å². The summed E-state index contributed by atoms with van der Waals surface area (Å²) < 4.78 is 0. The van der Waals surface area contributed by atoms with Crippen molar-refractivity contribution in [1.82, 2.24) is 20.0 Å². The van der Waals surface area contributed by atoms with E-state index < -0.39 is 24.0 Å². The lowest BCUT2D eigenvalue weighted by atomic mass is 9.79. The molecule has 4 aliphatic rings. The number of aliphatic carboxylic acids is 1. The van der Waals surface area contributed by atoms with Gasteiger partial charge in [-0.05, 0) is 13.3 Å². The first-order valence-electron chi connectivity index (χ1n) is 10.7. The topological polar surface area (TPSA) is 137 Å². The molecule has 170 valence electrons. The Morgan fingerprint density at radius 2 is 2.00 bits per heavy atom. The molecule has 4 aliphatic heterocycles. The van der Waals surface area contributed by atoms with Crippen molar-refractivity contribution in [1.29, 1.82) is 5.41 Å². The van der Waals surface area contributed by atoms with E-state index in [0.29, 0.717) is 31.0 Å². The van der Waals surface area contributed by atoms with Gasteiger partial charge >= 0.3 is 5.97 Å². The molecule has 3 saturated heterocycles. The van der Waals surface area contributed by atoms with Gasteiger partial charge in [0, 0.05) is 48.8 Å². The zero-order valence-corrected chi connectivity index (χ0v) is 18.5. The Morgan fingerprint density at radius 3 is 2.58 bits per heavy atom. The number of hydrogen-bond donors (Lipinski definition) is 4. The molecule has 10 nitrogen and oxygen atoms in total. The van der Waals surface area contributed by atoms with Crippen molar-refractivity contribution in [3.63, 3.8) is 0 Å². The second kappa shape index (κ2) is 8.44.